The Morgan fingerprint density at radius 2 is 1.51 bits per heavy atom. The van der Waals surface area contributed by atoms with E-state index in [2.05, 4.69) is 0 Å². The van der Waals surface area contributed by atoms with Crippen molar-refractivity contribution >= 4 is 16.9 Å². The first-order valence-electron chi connectivity index (χ1n) is 13.3. The molecule has 0 atom stereocenters. The predicted molar refractivity (Wildman–Crippen MR) is 139 cm³/mol. The summed E-state index contributed by atoms with van der Waals surface area (Å²) in [5.74, 6) is -0.939. The number of carbonyl (C=O) groups is 1. The number of nitrogens with zero attached hydrogens (tertiary/aromatic N) is 2. The molecule has 3 aromatic rings. The molecule has 0 saturated heterocycles. The highest BCUT2D eigenvalue weighted by Gasteiger charge is 2.53. The van der Waals surface area contributed by atoms with Crippen LogP contribution in [-0.2, 0) is 10.3 Å². The average Bonchev–Trinajstić information content (AvgIpc) is 3.28. The third kappa shape index (κ3) is 4.24. The topological polar surface area (TPSA) is 79.4 Å². The highest BCUT2D eigenvalue weighted by atomic mass is 19.2. The van der Waals surface area contributed by atoms with Crippen molar-refractivity contribution < 1.29 is 23.0 Å². The predicted octanol–water partition coefficient (Wildman–Crippen LogP) is 6.34. The Kier molecular flexibility index (Phi) is 7.10. The SMILES string of the molecule is COc1ccc(-c2nc3cc(F)c(F)cc3n2C(C(N)=O)(C2CCCCC2)C2CCCCC2)c(OC)c1. The summed E-state index contributed by atoms with van der Waals surface area (Å²) in [7, 11) is 3.12. The zero-order chi connectivity index (χ0) is 26.2. The van der Waals surface area contributed by atoms with Gasteiger partial charge in [0.05, 0.1) is 30.8 Å². The van der Waals surface area contributed by atoms with Crippen LogP contribution in [0.15, 0.2) is 30.3 Å². The van der Waals surface area contributed by atoms with Crippen molar-refractivity contribution in [3.8, 4) is 22.9 Å². The second-order valence-electron chi connectivity index (χ2n) is 10.5. The lowest BCUT2D eigenvalue weighted by molar-refractivity contribution is -0.135. The van der Waals surface area contributed by atoms with Gasteiger partial charge in [0.15, 0.2) is 11.6 Å². The lowest BCUT2D eigenvalue weighted by atomic mass is 9.63. The summed E-state index contributed by atoms with van der Waals surface area (Å²) < 4.78 is 42.2. The molecule has 2 saturated carbocycles. The van der Waals surface area contributed by atoms with E-state index in [9.17, 15) is 13.6 Å². The van der Waals surface area contributed by atoms with E-state index in [4.69, 9.17) is 20.2 Å². The molecule has 1 aromatic heterocycles. The molecule has 0 radical (unpaired) electrons. The van der Waals surface area contributed by atoms with Gasteiger partial charge >= 0.3 is 0 Å². The molecule has 37 heavy (non-hydrogen) atoms. The van der Waals surface area contributed by atoms with Crippen molar-refractivity contribution in [2.45, 2.75) is 69.7 Å². The quantitative estimate of drug-likeness (QED) is 0.401. The van der Waals surface area contributed by atoms with Gasteiger partial charge in [0.2, 0.25) is 5.91 Å². The van der Waals surface area contributed by atoms with Gasteiger partial charge in [-0.1, -0.05) is 38.5 Å². The number of halogens is 2. The first-order chi connectivity index (χ1) is 17.9. The highest BCUT2D eigenvalue weighted by Crippen LogP contribution is 2.51. The molecular weight excluding hydrogens is 476 g/mol. The van der Waals surface area contributed by atoms with Crippen LogP contribution in [0.3, 0.4) is 0 Å². The first-order valence-corrected chi connectivity index (χ1v) is 13.3. The summed E-state index contributed by atoms with van der Waals surface area (Å²) in [6.07, 6.45) is 9.63. The summed E-state index contributed by atoms with van der Waals surface area (Å²) >= 11 is 0. The Morgan fingerprint density at radius 3 is 2.05 bits per heavy atom. The molecular formula is C29H35F2N3O3. The van der Waals surface area contributed by atoms with Gasteiger partial charge in [-0.2, -0.15) is 0 Å². The lowest BCUT2D eigenvalue weighted by Gasteiger charge is -2.48. The lowest BCUT2D eigenvalue weighted by Crippen LogP contribution is -2.58. The minimum atomic E-state index is -1.12. The fourth-order valence-electron chi connectivity index (χ4n) is 6.91. The maximum absolute atomic E-state index is 14.8. The second-order valence-corrected chi connectivity index (χ2v) is 10.5. The van der Waals surface area contributed by atoms with Gasteiger partial charge in [0, 0.05) is 18.2 Å². The molecule has 198 valence electrons. The molecule has 0 spiro atoms. The Labute approximate surface area is 216 Å². The van der Waals surface area contributed by atoms with E-state index in [1.807, 2.05) is 10.6 Å². The third-order valence-electron chi connectivity index (χ3n) is 8.57. The molecule has 6 nitrogen and oxygen atoms in total. The second kappa shape index (κ2) is 10.3. The van der Waals surface area contributed by atoms with Gasteiger partial charge in [-0.15, -0.1) is 0 Å². The van der Waals surface area contributed by atoms with Crippen molar-refractivity contribution in [3.05, 3.63) is 42.0 Å². The van der Waals surface area contributed by atoms with Gasteiger partial charge in [-0.25, -0.2) is 13.8 Å². The van der Waals surface area contributed by atoms with Gasteiger partial charge in [0.1, 0.15) is 22.9 Å². The van der Waals surface area contributed by atoms with Crippen molar-refractivity contribution in [2.24, 2.45) is 17.6 Å². The van der Waals surface area contributed by atoms with Gasteiger partial charge < -0.3 is 19.8 Å². The van der Waals surface area contributed by atoms with Crippen LogP contribution < -0.4 is 15.2 Å². The fraction of sp³-hybridized carbons (Fsp3) is 0.517. The Hall–Kier alpha value is -3.16. The zero-order valence-electron chi connectivity index (χ0n) is 21.6. The summed E-state index contributed by atoms with van der Waals surface area (Å²) in [4.78, 5) is 18.7. The van der Waals surface area contributed by atoms with Crippen LogP contribution in [0.5, 0.6) is 11.5 Å². The van der Waals surface area contributed by atoms with Crippen LogP contribution in [0.4, 0.5) is 8.78 Å². The summed E-state index contributed by atoms with van der Waals surface area (Å²) in [6, 6.07) is 7.62. The number of carbonyl (C=O) groups excluding carboxylic acids is 1. The van der Waals surface area contributed by atoms with Crippen molar-refractivity contribution in [3.63, 3.8) is 0 Å². The Balaban J connectivity index is 1.88. The largest absolute Gasteiger partial charge is 0.497 e. The minimum absolute atomic E-state index is 0.0321. The van der Waals surface area contributed by atoms with Crippen LogP contribution in [0.1, 0.15) is 64.2 Å². The van der Waals surface area contributed by atoms with Crippen molar-refractivity contribution in [1.29, 1.82) is 0 Å². The number of rotatable bonds is 7. The maximum Gasteiger partial charge on any atom is 0.244 e. The summed E-state index contributed by atoms with van der Waals surface area (Å²) in [5, 5.41) is 0. The van der Waals surface area contributed by atoms with E-state index in [1.54, 1.807) is 26.4 Å². The number of amides is 1. The number of benzene rings is 2. The maximum atomic E-state index is 14.8. The number of hydrogen-bond acceptors (Lipinski definition) is 4. The van der Waals surface area contributed by atoms with Crippen molar-refractivity contribution in [2.75, 3.05) is 14.2 Å². The van der Waals surface area contributed by atoms with Gasteiger partial charge in [-0.3, -0.25) is 4.79 Å². The molecule has 1 heterocycles. The number of methoxy groups -OCH3 is 2. The van der Waals surface area contributed by atoms with E-state index >= 15 is 0 Å². The number of primary amides is 1. The number of imidazole rings is 1. The third-order valence-corrected chi connectivity index (χ3v) is 8.57. The summed E-state index contributed by atoms with van der Waals surface area (Å²) in [6.45, 7) is 0. The normalized spacial score (nSPS) is 17.7. The van der Waals surface area contributed by atoms with E-state index in [1.165, 1.54) is 6.07 Å². The van der Waals surface area contributed by atoms with E-state index in [0.717, 1.165) is 70.3 Å². The summed E-state index contributed by atoms with van der Waals surface area (Å²) in [5.41, 5.74) is 6.58. The number of nitrogens with two attached hydrogens (primary N) is 1. The number of aromatic nitrogens is 2. The van der Waals surface area contributed by atoms with E-state index in [-0.39, 0.29) is 17.4 Å². The molecule has 0 unspecified atom stereocenters. The average molecular weight is 512 g/mol. The van der Waals surface area contributed by atoms with Crippen LogP contribution in [0, 0.1) is 23.5 Å². The monoisotopic (exact) mass is 511 g/mol. The van der Waals surface area contributed by atoms with E-state index in [0.29, 0.717) is 28.4 Å². The van der Waals surface area contributed by atoms with Crippen LogP contribution >= 0.6 is 0 Å². The fourth-order valence-corrected chi connectivity index (χ4v) is 6.91. The highest BCUT2D eigenvalue weighted by molar-refractivity contribution is 5.90. The van der Waals surface area contributed by atoms with Crippen LogP contribution in [-0.4, -0.2) is 29.7 Å². The number of hydrogen-bond donors (Lipinski definition) is 1. The molecule has 2 aromatic carbocycles. The standard InChI is InChI=1S/C29H35F2N3O3/c1-36-20-13-14-21(26(15-20)37-2)27-33-24-16-22(30)23(31)17-25(24)34(27)29(28(32)35,18-9-5-3-6-10-18)19-11-7-4-8-12-19/h13-19H,3-12H2,1-2H3,(H2,32,35). The molecule has 0 aliphatic heterocycles. The van der Waals surface area contributed by atoms with Crippen LogP contribution in [0.2, 0.25) is 0 Å². The molecule has 1 amide bonds. The molecule has 5 rings (SSSR count). The van der Waals surface area contributed by atoms with Gasteiger partial charge in [-0.05, 0) is 49.7 Å². The Bertz CT molecular complexity index is 1280. The molecule has 2 aliphatic carbocycles. The molecule has 8 heteroatoms. The number of fused-ring (bicyclic) bond motifs is 1. The Morgan fingerprint density at radius 1 is 0.919 bits per heavy atom. The molecule has 0 bridgehead atoms. The molecule has 2 fully saturated rings. The van der Waals surface area contributed by atoms with E-state index < -0.39 is 23.1 Å². The van der Waals surface area contributed by atoms with Crippen molar-refractivity contribution in [1.82, 2.24) is 9.55 Å². The zero-order valence-corrected chi connectivity index (χ0v) is 21.6. The molecule has 2 N–H and O–H groups in total. The first kappa shape index (κ1) is 25.5. The number of ether oxygens (including phenoxy) is 2. The molecule has 2 aliphatic rings. The minimum Gasteiger partial charge on any atom is -0.497 e. The smallest absolute Gasteiger partial charge is 0.244 e. The van der Waals surface area contributed by atoms with Crippen LogP contribution in [0.25, 0.3) is 22.4 Å². The van der Waals surface area contributed by atoms with Gasteiger partial charge in [0.25, 0.3) is 0 Å².